The predicted molar refractivity (Wildman–Crippen MR) is 147 cm³/mol. The first-order valence-corrected chi connectivity index (χ1v) is 13.6. The minimum absolute atomic E-state index is 0.0183. The summed E-state index contributed by atoms with van der Waals surface area (Å²) < 4.78 is 18.4. The summed E-state index contributed by atoms with van der Waals surface area (Å²) in [6, 6.07) is 12.6. The molecule has 1 N–H and O–H groups in total. The SMILES string of the molecule is COC(=O)c1ccc(N(C(=O)[C@@H]2COc3ccccc3O2)[C@H](C(=O)NC2CCCCC2)c2cn(C)nc2C)cc1. The van der Waals surface area contributed by atoms with Crippen LogP contribution in [-0.4, -0.2) is 53.4 Å². The average Bonchev–Trinajstić information content (AvgIpc) is 3.32. The quantitative estimate of drug-likeness (QED) is 0.448. The topological polar surface area (TPSA) is 112 Å². The highest BCUT2D eigenvalue weighted by molar-refractivity contribution is 6.04. The molecule has 0 radical (unpaired) electrons. The van der Waals surface area contributed by atoms with Crippen LogP contribution in [0.25, 0.3) is 0 Å². The third-order valence-electron chi connectivity index (χ3n) is 7.39. The lowest BCUT2D eigenvalue weighted by atomic mass is 9.94. The van der Waals surface area contributed by atoms with Crippen LogP contribution in [0.15, 0.2) is 54.7 Å². The Kier molecular flexibility index (Phi) is 8.04. The van der Waals surface area contributed by atoms with Gasteiger partial charge in [0.05, 0.1) is 18.4 Å². The van der Waals surface area contributed by atoms with Crippen LogP contribution in [0.1, 0.15) is 59.8 Å². The van der Waals surface area contributed by atoms with E-state index in [1.165, 1.54) is 12.0 Å². The maximum atomic E-state index is 14.3. The van der Waals surface area contributed by atoms with E-state index in [4.69, 9.17) is 14.2 Å². The summed E-state index contributed by atoms with van der Waals surface area (Å²) in [5, 5.41) is 7.67. The highest BCUT2D eigenvalue weighted by Crippen LogP contribution is 2.35. The van der Waals surface area contributed by atoms with Gasteiger partial charge >= 0.3 is 5.97 Å². The number of anilines is 1. The first kappa shape index (κ1) is 27.2. The summed E-state index contributed by atoms with van der Waals surface area (Å²) in [5.41, 5.74) is 1.97. The van der Waals surface area contributed by atoms with Crippen molar-refractivity contribution in [1.29, 1.82) is 0 Å². The summed E-state index contributed by atoms with van der Waals surface area (Å²) in [6.45, 7) is 1.80. The van der Waals surface area contributed by atoms with E-state index in [-0.39, 0.29) is 18.6 Å². The van der Waals surface area contributed by atoms with Crippen LogP contribution >= 0.6 is 0 Å². The lowest BCUT2D eigenvalue weighted by Crippen LogP contribution is -2.52. The lowest BCUT2D eigenvalue weighted by Gasteiger charge is -2.36. The van der Waals surface area contributed by atoms with E-state index in [1.54, 1.807) is 60.4 Å². The number of amides is 2. The monoisotopic (exact) mass is 546 g/mol. The fourth-order valence-corrected chi connectivity index (χ4v) is 5.39. The summed E-state index contributed by atoms with van der Waals surface area (Å²) >= 11 is 0. The number of carbonyl (C=O) groups is 3. The minimum atomic E-state index is -1.03. The number of benzene rings is 2. The fourth-order valence-electron chi connectivity index (χ4n) is 5.39. The fraction of sp³-hybridized carbons (Fsp3) is 0.400. The molecule has 1 fully saturated rings. The largest absolute Gasteiger partial charge is 0.485 e. The van der Waals surface area contributed by atoms with Crippen molar-refractivity contribution in [3.8, 4) is 11.5 Å². The molecule has 2 aliphatic rings. The molecule has 5 rings (SSSR count). The zero-order chi connectivity index (χ0) is 28.2. The standard InChI is InChI=1S/C30H34N4O6/c1-19-23(17-33(2)32-19)27(28(35)31-21-9-5-4-6-10-21)34(22-15-13-20(14-16-22)30(37)38-3)29(36)26-18-39-24-11-7-8-12-25(24)40-26/h7-8,11-17,21,26-27H,4-6,9-10,18H2,1-3H3,(H,31,35)/t26-,27-/m0/s1. The first-order chi connectivity index (χ1) is 19.4. The number of hydrogen-bond donors (Lipinski definition) is 1. The van der Waals surface area contributed by atoms with Gasteiger partial charge < -0.3 is 19.5 Å². The minimum Gasteiger partial charge on any atom is -0.485 e. The van der Waals surface area contributed by atoms with E-state index in [9.17, 15) is 14.4 Å². The summed E-state index contributed by atoms with van der Waals surface area (Å²) in [5.74, 6) is -0.248. The van der Waals surface area contributed by atoms with Crippen LogP contribution < -0.4 is 19.7 Å². The molecule has 3 aromatic rings. The number of rotatable bonds is 7. The molecule has 0 bridgehead atoms. The second-order valence-corrected chi connectivity index (χ2v) is 10.2. The van der Waals surface area contributed by atoms with Crippen LogP contribution in [0, 0.1) is 6.92 Å². The van der Waals surface area contributed by atoms with E-state index < -0.39 is 24.0 Å². The third kappa shape index (κ3) is 5.66. The Morgan fingerprint density at radius 1 is 1.05 bits per heavy atom. The maximum absolute atomic E-state index is 14.3. The number of esters is 1. The number of ether oxygens (including phenoxy) is 3. The number of carbonyl (C=O) groups excluding carboxylic acids is 3. The van der Waals surface area contributed by atoms with Crippen molar-refractivity contribution in [2.45, 2.75) is 57.2 Å². The molecule has 2 amide bonds. The molecular formula is C30H34N4O6. The number of aromatic nitrogens is 2. The number of methoxy groups -OCH3 is 1. The Hall–Kier alpha value is -4.34. The van der Waals surface area contributed by atoms with Gasteiger partial charge in [-0.25, -0.2) is 4.79 Å². The van der Waals surface area contributed by atoms with E-state index >= 15 is 0 Å². The molecule has 1 aromatic heterocycles. The van der Waals surface area contributed by atoms with Gasteiger partial charge in [-0.05, 0) is 56.2 Å². The molecule has 1 aliphatic carbocycles. The normalized spacial score (nSPS) is 17.5. The Balaban J connectivity index is 1.57. The number of nitrogens with zero attached hydrogens (tertiary/aromatic N) is 3. The van der Waals surface area contributed by atoms with Crippen molar-refractivity contribution in [3.63, 3.8) is 0 Å². The van der Waals surface area contributed by atoms with Crippen LogP contribution in [0.2, 0.25) is 0 Å². The van der Waals surface area contributed by atoms with Gasteiger partial charge in [-0.15, -0.1) is 0 Å². The Bertz CT molecular complexity index is 1380. The highest BCUT2D eigenvalue weighted by Gasteiger charge is 2.41. The Morgan fingerprint density at radius 2 is 1.75 bits per heavy atom. The smallest absolute Gasteiger partial charge is 0.337 e. The van der Waals surface area contributed by atoms with Crippen LogP contribution in [0.5, 0.6) is 11.5 Å². The second kappa shape index (κ2) is 11.8. The molecule has 0 unspecified atom stereocenters. The van der Waals surface area contributed by atoms with Crippen molar-refractivity contribution >= 4 is 23.5 Å². The second-order valence-electron chi connectivity index (χ2n) is 10.2. The lowest BCUT2D eigenvalue weighted by molar-refractivity contribution is -0.132. The maximum Gasteiger partial charge on any atom is 0.337 e. The van der Waals surface area contributed by atoms with Gasteiger partial charge in [-0.2, -0.15) is 5.10 Å². The van der Waals surface area contributed by atoms with Crippen molar-refractivity contribution < 1.29 is 28.6 Å². The van der Waals surface area contributed by atoms with Gasteiger partial charge in [0.25, 0.3) is 5.91 Å². The van der Waals surface area contributed by atoms with Crippen molar-refractivity contribution in [1.82, 2.24) is 15.1 Å². The van der Waals surface area contributed by atoms with Gasteiger partial charge in [-0.3, -0.25) is 19.2 Å². The van der Waals surface area contributed by atoms with Crippen molar-refractivity contribution in [3.05, 3.63) is 71.5 Å². The molecule has 10 nitrogen and oxygen atoms in total. The van der Waals surface area contributed by atoms with Crippen LogP contribution in [-0.2, 0) is 21.4 Å². The van der Waals surface area contributed by atoms with Gasteiger partial charge in [0.15, 0.2) is 11.5 Å². The number of nitrogens with one attached hydrogen (secondary N) is 1. The molecule has 0 saturated heterocycles. The van der Waals surface area contributed by atoms with Gasteiger partial charge in [0.1, 0.15) is 12.6 Å². The van der Waals surface area contributed by atoms with Gasteiger partial charge in [0.2, 0.25) is 12.0 Å². The summed E-state index contributed by atoms with van der Waals surface area (Å²) in [7, 11) is 3.08. The van der Waals surface area contributed by atoms with Gasteiger partial charge in [0, 0.05) is 30.5 Å². The molecule has 40 heavy (non-hydrogen) atoms. The highest BCUT2D eigenvalue weighted by atomic mass is 16.6. The molecular weight excluding hydrogens is 512 g/mol. The number of aryl methyl sites for hydroxylation is 2. The predicted octanol–water partition coefficient (Wildman–Crippen LogP) is 3.88. The number of fused-ring (bicyclic) bond motifs is 1. The molecule has 10 heteroatoms. The number of hydrogen-bond acceptors (Lipinski definition) is 7. The van der Waals surface area contributed by atoms with Crippen molar-refractivity contribution in [2.75, 3.05) is 18.6 Å². The molecule has 2 heterocycles. The van der Waals surface area contributed by atoms with Crippen molar-refractivity contribution in [2.24, 2.45) is 7.05 Å². The Morgan fingerprint density at radius 3 is 2.40 bits per heavy atom. The molecule has 0 spiro atoms. The van der Waals surface area contributed by atoms with E-state index in [0.29, 0.717) is 34.0 Å². The molecule has 1 aliphatic heterocycles. The zero-order valence-electron chi connectivity index (χ0n) is 23.0. The summed E-state index contributed by atoms with van der Waals surface area (Å²) in [6.07, 6.45) is 5.78. The van der Waals surface area contributed by atoms with E-state index in [2.05, 4.69) is 10.4 Å². The van der Waals surface area contributed by atoms with Crippen LogP contribution in [0.4, 0.5) is 5.69 Å². The molecule has 2 aromatic carbocycles. The molecule has 1 saturated carbocycles. The third-order valence-corrected chi connectivity index (χ3v) is 7.39. The number of para-hydroxylation sites is 2. The molecule has 2 atom stereocenters. The molecule has 210 valence electrons. The zero-order valence-corrected chi connectivity index (χ0v) is 23.0. The van der Waals surface area contributed by atoms with E-state index in [0.717, 1.165) is 32.1 Å². The van der Waals surface area contributed by atoms with E-state index in [1.807, 2.05) is 13.0 Å². The summed E-state index contributed by atoms with van der Waals surface area (Å²) in [4.78, 5) is 42.0. The first-order valence-electron chi connectivity index (χ1n) is 13.6. The van der Waals surface area contributed by atoms with Gasteiger partial charge in [-0.1, -0.05) is 31.4 Å². The van der Waals surface area contributed by atoms with Crippen LogP contribution in [0.3, 0.4) is 0 Å². The Labute approximate surface area is 233 Å². The average molecular weight is 547 g/mol.